The van der Waals surface area contributed by atoms with Crippen molar-refractivity contribution in [1.29, 1.82) is 0 Å². The van der Waals surface area contributed by atoms with E-state index < -0.39 is 0 Å². The standard InChI is InChI=1S/C7H14N2O2/c1-8-7(11)2-3-9-4-6(10)5-9/h6,10H,2-5H2,1H3,(H,8,11). The highest BCUT2D eigenvalue weighted by atomic mass is 16.3. The van der Waals surface area contributed by atoms with E-state index in [-0.39, 0.29) is 12.0 Å². The lowest BCUT2D eigenvalue weighted by Crippen LogP contribution is -2.51. The molecule has 0 unspecified atom stereocenters. The average Bonchev–Trinajstić information content (AvgIpc) is 1.95. The van der Waals surface area contributed by atoms with Crippen LogP contribution in [-0.4, -0.2) is 48.7 Å². The number of carbonyl (C=O) groups is 1. The first-order valence-electron chi connectivity index (χ1n) is 3.83. The highest BCUT2D eigenvalue weighted by Gasteiger charge is 2.23. The van der Waals surface area contributed by atoms with E-state index in [1.165, 1.54) is 0 Å². The predicted octanol–water partition coefficient (Wildman–Crippen LogP) is -1.20. The lowest BCUT2D eigenvalue weighted by Gasteiger charge is -2.35. The Morgan fingerprint density at radius 1 is 1.73 bits per heavy atom. The van der Waals surface area contributed by atoms with Gasteiger partial charge in [-0.3, -0.25) is 9.69 Å². The maximum Gasteiger partial charge on any atom is 0.221 e. The van der Waals surface area contributed by atoms with Gasteiger partial charge in [0.2, 0.25) is 5.91 Å². The molecule has 0 aromatic heterocycles. The summed E-state index contributed by atoms with van der Waals surface area (Å²) in [6, 6.07) is 0. The number of hydrogen-bond acceptors (Lipinski definition) is 3. The van der Waals surface area contributed by atoms with Crippen molar-refractivity contribution in [2.24, 2.45) is 0 Å². The van der Waals surface area contributed by atoms with Crippen molar-refractivity contribution < 1.29 is 9.90 Å². The molecule has 4 nitrogen and oxygen atoms in total. The third-order valence-corrected chi connectivity index (χ3v) is 1.87. The lowest BCUT2D eigenvalue weighted by molar-refractivity contribution is -0.121. The van der Waals surface area contributed by atoms with E-state index in [1.54, 1.807) is 7.05 Å². The van der Waals surface area contributed by atoms with Gasteiger partial charge in [0.1, 0.15) is 0 Å². The normalized spacial score (nSPS) is 19.5. The third-order valence-electron chi connectivity index (χ3n) is 1.87. The van der Waals surface area contributed by atoms with Crippen LogP contribution in [0.5, 0.6) is 0 Å². The number of aliphatic hydroxyl groups excluding tert-OH is 1. The monoisotopic (exact) mass is 158 g/mol. The molecule has 2 N–H and O–H groups in total. The topological polar surface area (TPSA) is 52.6 Å². The molecule has 1 aliphatic rings. The number of aliphatic hydroxyl groups is 1. The van der Waals surface area contributed by atoms with Crippen molar-refractivity contribution in [2.45, 2.75) is 12.5 Å². The molecule has 1 fully saturated rings. The third kappa shape index (κ3) is 2.48. The van der Waals surface area contributed by atoms with Gasteiger partial charge in [-0.1, -0.05) is 0 Å². The molecule has 0 spiro atoms. The number of β-amino-alcohol motifs (C(OH)–C–C–N with tert-alkyl or cyclic N) is 1. The average molecular weight is 158 g/mol. The zero-order valence-electron chi connectivity index (χ0n) is 6.71. The number of carbonyl (C=O) groups excluding carboxylic acids is 1. The quantitative estimate of drug-likeness (QED) is 0.542. The van der Waals surface area contributed by atoms with Crippen molar-refractivity contribution in [3.63, 3.8) is 0 Å². The van der Waals surface area contributed by atoms with Crippen molar-refractivity contribution in [1.82, 2.24) is 10.2 Å². The van der Waals surface area contributed by atoms with Crippen LogP contribution in [-0.2, 0) is 4.79 Å². The molecule has 1 heterocycles. The SMILES string of the molecule is CNC(=O)CCN1CC(O)C1. The molecule has 1 saturated heterocycles. The molecule has 0 bridgehead atoms. The summed E-state index contributed by atoms with van der Waals surface area (Å²) < 4.78 is 0. The zero-order valence-corrected chi connectivity index (χ0v) is 6.71. The smallest absolute Gasteiger partial charge is 0.221 e. The minimum absolute atomic E-state index is 0.0615. The summed E-state index contributed by atoms with van der Waals surface area (Å²) in [5.41, 5.74) is 0. The fourth-order valence-electron chi connectivity index (χ4n) is 1.11. The summed E-state index contributed by atoms with van der Waals surface area (Å²) in [6.07, 6.45) is 0.364. The molecule has 1 aliphatic heterocycles. The molecule has 1 amide bonds. The first-order chi connectivity index (χ1) is 5.22. The Morgan fingerprint density at radius 3 is 2.82 bits per heavy atom. The fourth-order valence-corrected chi connectivity index (χ4v) is 1.11. The number of nitrogens with zero attached hydrogens (tertiary/aromatic N) is 1. The van der Waals surface area contributed by atoms with Gasteiger partial charge in [0.15, 0.2) is 0 Å². The van der Waals surface area contributed by atoms with E-state index in [0.29, 0.717) is 6.42 Å². The Labute approximate surface area is 66.2 Å². The van der Waals surface area contributed by atoms with Crippen LogP contribution in [0.3, 0.4) is 0 Å². The maximum absolute atomic E-state index is 10.7. The van der Waals surface area contributed by atoms with E-state index in [1.807, 2.05) is 0 Å². The second-order valence-electron chi connectivity index (χ2n) is 2.84. The fraction of sp³-hybridized carbons (Fsp3) is 0.857. The van der Waals surface area contributed by atoms with Gasteiger partial charge in [-0.25, -0.2) is 0 Å². The van der Waals surface area contributed by atoms with Gasteiger partial charge < -0.3 is 10.4 Å². The summed E-state index contributed by atoms with van der Waals surface area (Å²) in [6.45, 7) is 2.20. The zero-order chi connectivity index (χ0) is 8.27. The lowest BCUT2D eigenvalue weighted by atomic mass is 10.1. The number of rotatable bonds is 3. The predicted molar refractivity (Wildman–Crippen MR) is 41.1 cm³/mol. The number of likely N-dealkylation sites (tertiary alicyclic amines) is 1. The van der Waals surface area contributed by atoms with Gasteiger partial charge in [-0.05, 0) is 0 Å². The summed E-state index contributed by atoms with van der Waals surface area (Å²) in [5.74, 6) is 0.0615. The number of nitrogens with one attached hydrogen (secondary N) is 1. The summed E-state index contributed by atoms with van der Waals surface area (Å²) in [4.78, 5) is 12.8. The molecular weight excluding hydrogens is 144 g/mol. The van der Waals surface area contributed by atoms with Gasteiger partial charge in [-0.2, -0.15) is 0 Å². The van der Waals surface area contributed by atoms with E-state index in [2.05, 4.69) is 10.2 Å². The van der Waals surface area contributed by atoms with Crippen LogP contribution in [0.2, 0.25) is 0 Å². The molecule has 0 saturated carbocycles. The molecule has 0 aromatic carbocycles. The van der Waals surface area contributed by atoms with E-state index in [9.17, 15) is 4.79 Å². The molecule has 0 aromatic rings. The molecule has 1 rings (SSSR count). The van der Waals surface area contributed by atoms with Gasteiger partial charge in [0, 0.05) is 33.1 Å². The summed E-state index contributed by atoms with van der Waals surface area (Å²) in [5, 5.41) is 11.5. The summed E-state index contributed by atoms with van der Waals surface area (Å²) in [7, 11) is 1.63. The van der Waals surface area contributed by atoms with Crippen LogP contribution in [0, 0.1) is 0 Å². The Kier molecular flexibility index (Phi) is 2.84. The highest BCUT2D eigenvalue weighted by Crippen LogP contribution is 2.06. The molecule has 64 valence electrons. The van der Waals surface area contributed by atoms with Crippen molar-refractivity contribution in [3.8, 4) is 0 Å². The van der Waals surface area contributed by atoms with Crippen LogP contribution >= 0.6 is 0 Å². The van der Waals surface area contributed by atoms with Crippen LogP contribution in [0.15, 0.2) is 0 Å². The van der Waals surface area contributed by atoms with Crippen molar-refractivity contribution in [2.75, 3.05) is 26.7 Å². The molecule has 4 heteroatoms. The maximum atomic E-state index is 10.7. The first kappa shape index (κ1) is 8.49. The molecule has 0 aliphatic carbocycles. The number of hydrogen-bond donors (Lipinski definition) is 2. The molecule has 0 radical (unpaired) electrons. The number of amides is 1. The molecular formula is C7H14N2O2. The minimum atomic E-state index is -0.167. The van der Waals surface area contributed by atoms with Gasteiger partial charge >= 0.3 is 0 Å². The van der Waals surface area contributed by atoms with E-state index in [4.69, 9.17) is 5.11 Å². The van der Waals surface area contributed by atoms with Crippen LogP contribution in [0.25, 0.3) is 0 Å². The van der Waals surface area contributed by atoms with Crippen LogP contribution in [0.1, 0.15) is 6.42 Å². The largest absolute Gasteiger partial charge is 0.390 e. The van der Waals surface area contributed by atoms with Gasteiger partial charge in [-0.15, -0.1) is 0 Å². The van der Waals surface area contributed by atoms with Crippen LogP contribution in [0.4, 0.5) is 0 Å². The Morgan fingerprint density at radius 2 is 2.36 bits per heavy atom. The Balaban J connectivity index is 2.00. The second kappa shape index (κ2) is 3.69. The summed E-state index contributed by atoms with van der Waals surface area (Å²) >= 11 is 0. The highest BCUT2D eigenvalue weighted by molar-refractivity contribution is 5.75. The first-order valence-corrected chi connectivity index (χ1v) is 3.83. The molecule has 11 heavy (non-hydrogen) atoms. The Hall–Kier alpha value is -0.610. The van der Waals surface area contributed by atoms with Crippen molar-refractivity contribution in [3.05, 3.63) is 0 Å². The van der Waals surface area contributed by atoms with E-state index >= 15 is 0 Å². The second-order valence-corrected chi connectivity index (χ2v) is 2.84. The van der Waals surface area contributed by atoms with Gasteiger partial charge in [0.25, 0.3) is 0 Å². The van der Waals surface area contributed by atoms with Gasteiger partial charge in [0.05, 0.1) is 6.10 Å². The van der Waals surface area contributed by atoms with Crippen molar-refractivity contribution >= 4 is 5.91 Å². The van der Waals surface area contributed by atoms with E-state index in [0.717, 1.165) is 19.6 Å². The van der Waals surface area contributed by atoms with Crippen LogP contribution < -0.4 is 5.32 Å². The molecule has 0 atom stereocenters. The Bertz CT molecular complexity index is 143. The minimum Gasteiger partial charge on any atom is -0.390 e.